The normalized spacial score (nSPS) is 50.8. The van der Waals surface area contributed by atoms with Crippen molar-refractivity contribution in [3.8, 4) is 6.07 Å². The minimum Gasteiger partial charge on any atom is -0.458 e. The van der Waals surface area contributed by atoms with Gasteiger partial charge >= 0.3 is 5.97 Å². The van der Waals surface area contributed by atoms with Crippen LogP contribution in [0.4, 0.5) is 0 Å². The van der Waals surface area contributed by atoms with Crippen LogP contribution in [0.2, 0.25) is 0 Å². The van der Waals surface area contributed by atoms with E-state index in [1.807, 2.05) is 0 Å². The van der Waals surface area contributed by atoms with Gasteiger partial charge in [-0.3, -0.25) is 9.59 Å². The highest BCUT2D eigenvalue weighted by atomic mass is 16.6. The van der Waals surface area contributed by atoms with Crippen LogP contribution in [0.3, 0.4) is 0 Å². The highest BCUT2D eigenvalue weighted by molar-refractivity contribution is 5.81. The molecule has 5 heteroatoms. The van der Waals surface area contributed by atoms with Crippen LogP contribution in [0.5, 0.6) is 0 Å². The number of allylic oxidation sites excluding steroid dienone is 2. The maximum absolute atomic E-state index is 12.3. The standard InChI is InChI=1S/C24H29NO4/c1-21-7-3-16(27)12-23(21,14-25)11-15(13-26)20-17(21)4-8-22(2)18(20)5-9-24(22)10-6-19(28)29-24/h4,13,15,18,20H,3,5-12H2,1-2H3/t15-,18?,20?,21?,22?,23+,24+/m0/s1. The number of nitriles is 1. The molecule has 1 aliphatic heterocycles. The van der Waals surface area contributed by atoms with Crippen molar-refractivity contribution in [1.29, 1.82) is 5.26 Å². The Labute approximate surface area is 171 Å². The van der Waals surface area contributed by atoms with Crippen molar-refractivity contribution in [2.75, 3.05) is 0 Å². The van der Waals surface area contributed by atoms with Crippen LogP contribution in [0, 0.1) is 45.3 Å². The molecule has 0 N–H and O–H groups in total. The third kappa shape index (κ3) is 2.13. The van der Waals surface area contributed by atoms with Crippen LogP contribution < -0.4 is 0 Å². The first kappa shape index (κ1) is 19.0. The summed E-state index contributed by atoms with van der Waals surface area (Å²) < 4.78 is 5.96. The zero-order chi connectivity index (χ0) is 20.7. The highest BCUT2D eigenvalue weighted by Gasteiger charge is 2.69. The lowest BCUT2D eigenvalue weighted by Gasteiger charge is -2.61. The molecule has 4 aliphatic carbocycles. The van der Waals surface area contributed by atoms with Gasteiger partial charge < -0.3 is 9.53 Å². The lowest BCUT2D eigenvalue weighted by atomic mass is 9.41. The molecule has 4 unspecified atom stereocenters. The predicted octanol–water partition coefficient (Wildman–Crippen LogP) is 3.91. The molecule has 1 spiro atoms. The molecule has 1 saturated heterocycles. The molecule has 0 amide bonds. The number of aldehydes is 1. The molecule has 5 rings (SSSR count). The van der Waals surface area contributed by atoms with E-state index in [1.54, 1.807) is 0 Å². The Morgan fingerprint density at radius 1 is 1.21 bits per heavy atom. The topological polar surface area (TPSA) is 84.2 Å². The summed E-state index contributed by atoms with van der Waals surface area (Å²) in [6, 6.07) is 2.52. The van der Waals surface area contributed by atoms with Crippen molar-refractivity contribution in [2.45, 2.75) is 77.2 Å². The van der Waals surface area contributed by atoms with Gasteiger partial charge in [-0.25, -0.2) is 0 Å². The first-order valence-electron chi connectivity index (χ1n) is 11.0. The summed E-state index contributed by atoms with van der Waals surface area (Å²) in [6.45, 7) is 4.41. The first-order valence-corrected chi connectivity index (χ1v) is 11.0. The Kier molecular flexibility index (Phi) is 3.81. The van der Waals surface area contributed by atoms with E-state index in [0.29, 0.717) is 25.7 Å². The molecule has 0 aromatic heterocycles. The summed E-state index contributed by atoms with van der Waals surface area (Å²) in [5.41, 5.74) is -0.471. The van der Waals surface area contributed by atoms with Gasteiger partial charge in [-0.2, -0.15) is 5.26 Å². The maximum Gasteiger partial charge on any atom is 0.306 e. The van der Waals surface area contributed by atoms with Crippen molar-refractivity contribution >= 4 is 18.0 Å². The van der Waals surface area contributed by atoms with Gasteiger partial charge in [0.15, 0.2) is 0 Å². The van der Waals surface area contributed by atoms with E-state index < -0.39 is 11.0 Å². The van der Waals surface area contributed by atoms with E-state index in [1.165, 1.54) is 5.57 Å². The third-order valence-electron chi connectivity index (χ3n) is 9.83. The van der Waals surface area contributed by atoms with Crippen molar-refractivity contribution < 1.29 is 19.1 Å². The number of Topliss-reactive ketones (excluding diaryl/α,β-unsaturated/α-hetero) is 1. The second-order valence-corrected chi connectivity index (χ2v) is 10.7. The van der Waals surface area contributed by atoms with Crippen LogP contribution in [0.15, 0.2) is 11.6 Å². The number of rotatable bonds is 1. The molecule has 4 fully saturated rings. The summed E-state index contributed by atoms with van der Waals surface area (Å²) >= 11 is 0. The Bertz CT molecular complexity index is 886. The molecule has 0 aromatic carbocycles. The summed E-state index contributed by atoms with van der Waals surface area (Å²) in [5, 5.41) is 10.2. The van der Waals surface area contributed by atoms with E-state index in [9.17, 15) is 19.6 Å². The van der Waals surface area contributed by atoms with E-state index in [4.69, 9.17) is 4.74 Å². The minimum atomic E-state index is -0.778. The highest BCUT2D eigenvalue weighted by Crippen LogP contribution is 2.71. The van der Waals surface area contributed by atoms with Crippen molar-refractivity contribution in [3.63, 3.8) is 0 Å². The van der Waals surface area contributed by atoms with E-state index in [0.717, 1.165) is 32.0 Å². The van der Waals surface area contributed by atoms with Crippen LogP contribution >= 0.6 is 0 Å². The van der Waals surface area contributed by atoms with Gasteiger partial charge in [0.1, 0.15) is 17.7 Å². The molecular weight excluding hydrogens is 366 g/mol. The quantitative estimate of drug-likeness (QED) is 0.382. The Morgan fingerprint density at radius 2 is 2.00 bits per heavy atom. The van der Waals surface area contributed by atoms with Gasteiger partial charge in [-0.15, -0.1) is 0 Å². The van der Waals surface area contributed by atoms with Gasteiger partial charge in [0.2, 0.25) is 0 Å². The molecule has 5 aliphatic rings. The molecule has 0 bridgehead atoms. The second kappa shape index (κ2) is 5.80. The van der Waals surface area contributed by atoms with Gasteiger partial charge in [-0.1, -0.05) is 25.5 Å². The summed E-state index contributed by atoms with van der Waals surface area (Å²) in [6.07, 6.45) is 9.13. The Balaban J connectivity index is 1.63. The van der Waals surface area contributed by atoms with E-state index in [-0.39, 0.29) is 46.8 Å². The fraction of sp³-hybridized carbons (Fsp3) is 0.750. The molecule has 3 saturated carbocycles. The van der Waals surface area contributed by atoms with E-state index >= 15 is 0 Å². The molecule has 0 radical (unpaired) electrons. The first-order chi connectivity index (χ1) is 13.7. The number of ether oxygens (including phenoxy) is 1. The number of hydrogen-bond acceptors (Lipinski definition) is 5. The second-order valence-electron chi connectivity index (χ2n) is 10.7. The number of nitrogens with zero attached hydrogens (tertiary/aromatic N) is 1. The summed E-state index contributed by atoms with van der Waals surface area (Å²) in [4.78, 5) is 36.6. The number of carbonyl (C=O) groups is 3. The molecule has 5 nitrogen and oxygen atoms in total. The van der Waals surface area contributed by atoms with Gasteiger partial charge in [0.25, 0.3) is 0 Å². The number of carbonyl (C=O) groups excluding carboxylic acids is 3. The van der Waals surface area contributed by atoms with Crippen LogP contribution in [-0.2, 0) is 19.1 Å². The number of esters is 1. The summed E-state index contributed by atoms with van der Waals surface area (Å²) in [5.74, 6) is 0.153. The number of fused-ring (bicyclic) bond motifs is 6. The maximum atomic E-state index is 12.3. The van der Waals surface area contributed by atoms with Gasteiger partial charge in [0.05, 0.1) is 11.5 Å². The van der Waals surface area contributed by atoms with Crippen molar-refractivity contribution in [1.82, 2.24) is 0 Å². The Morgan fingerprint density at radius 3 is 2.66 bits per heavy atom. The predicted molar refractivity (Wildman–Crippen MR) is 104 cm³/mol. The smallest absolute Gasteiger partial charge is 0.306 e. The molecule has 7 atom stereocenters. The molecule has 0 aromatic rings. The average Bonchev–Trinajstić information content (AvgIpc) is 3.22. The third-order valence-corrected chi connectivity index (χ3v) is 9.83. The lowest BCUT2D eigenvalue weighted by Crippen LogP contribution is -2.58. The molecule has 29 heavy (non-hydrogen) atoms. The zero-order valence-electron chi connectivity index (χ0n) is 17.3. The van der Waals surface area contributed by atoms with Gasteiger partial charge in [0, 0.05) is 36.0 Å². The fourth-order valence-electron chi connectivity index (χ4n) is 8.08. The fourth-order valence-corrected chi connectivity index (χ4v) is 8.08. The number of hydrogen-bond donors (Lipinski definition) is 0. The zero-order valence-corrected chi connectivity index (χ0v) is 17.3. The van der Waals surface area contributed by atoms with E-state index in [2.05, 4.69) is 26.0 Å². The average molecular weight is 395 g/mol. The summed E-state index contributed by atoms with van der Waals surface area (Å²) in [7, 11) is 0. The van der Waals surface area contributed by atoms with Crippen molar-refractivity contribution in [3.05, 3.63) is 11.6 Å². The molecule has 154 valence electrons. The van der Waals surface area contributed by atoms with Crippen LogP contribution in [0.1, 0.15) is 71.6 Å². The van der Waals surface area contributed by atoms with Crippen molar-refractivity contribution in [2.24, 2.45) is 34.0 Å². The SMILES string of the molecule is CC12CCC(=O)C[C@@]1(C#N)C[C@@H](C=O)C1C2=CCC2(C)C1CC[C@@]21CCC(=O)O1. The minimum absolute atomic E-state index is 0.0876. The van der Waals surface area contributed by atoms with Gasteiger partial charge in [-0.05, 0) is 50.4 Å². The van der Waals surface area contributed by atoms with Crippen LogP contribution in [0.25, 0.3) is 0 Å². The molecule has 1 heterocycles. The Hall–Kier alpha value is -1.96. The monoisotopic (exact) mass is 395 g/mol. The molecular formula is C24H29NO4. The number of ketones is 1. The lowest BCUT2D eigenvalue weighted by molar-refractivity contribution is -0.162. The van der Waals surface area contributed by atoms with Crippen LogP contribution in [-0.4, -0.2) is 23.6 Å². The largest absolute Gasteiger partial charge is 0.458 e.